The summed E-state index contributed by atoms with van der Waals surface area (Å²) >= 11 is 3.38. The Hall–Kier alpha value is -2.22. The molecule has 140 valence electrons. The van der Waals surface area contributed by atoms with Gasteiger partial charge < -0.3 is 14.7 Å². The van der Waals surface area contributed by atoms with Crippen molar-refractivity contribution in [2.45, 2.75) is 39.5 Å². The number of nitrogens with one attached hydrogen (secondary N) is 1. The number of likely N-dealkylation sites (N-methyl/N-ethyl adjacent to an activating group) is 1. The zero-order valence-electron chi connectivity index (χ0n) is 15.4. The van der Waals surface area contributed by atoms with Crippen molar-refractivity contribution in [2.75, 3.05) is 18.9 Å². The lowest BCUT2D eigenvalue weighted by Crippen LogP contribution is -2.35. The third-order valence-corrected chi connectivity index (χ3v) is 4.32. The summed E-state index contributed by atoms with van der Waals surface area (Å²) in [4.78, 5) is 30.0. The van der Waals surface area contributed by atoms with Crippen LogP contribution in [-0.4, -0.2) is 40.4 Å². The molecule has 0 unspecified atom stereocenters. The summed E-state index contributed by atoms with van der Waals surface area (Å²) < 4.78 is 6.07. The molecule has 0 aliphatic heterocycles. The molecule has 0 aliphatic carbocycles. The van der Waals surface area contributed by atoms with Crippen LogP contribution < -0.4 is 5.32 Å². The van der Waals surface area contributed by atoms with Gasteiger partial charge in [-0.05, 0) is 30.7 Å². The monoisotopic (exact) mass is 422 g/mol. The van der Waals surface area contributed by atoms with Crippen molar-refractivity contribution >= 4 is 33.4 Å². The van der Waals surface area contributed by atoms with E-state index in [0.29, 0.717) is 18.1 Å². The molecule has 7 nitrogen and oxygen atoms in total. The minimum Gasteiger partial charge on any atom is -0.339 e. The Kier molecular flexibility index (Phi) is 6.90. The van der Waals surface area contributed by atoms with Crippen molar-refractivity contribution in [3.8, 4) is 0 Å². The Morgan fingerprint density at radius 3 is 2.69 bits per heavy atom. The fourth-order valence-electron chi connectivity index (χ4n) is 2.27. The van der Waals surface area contributed by atoms with Crippen LogP contribution >= 0.6 is 15.9 Å². The van der Waals surface area contributed by atoms with E-state index in [-0.39, 0.29) is 30.7 Å². The van der Waals surface area contributed by atoms with E-state index in [1.807, 2.05) is 39.0 Å². The Morgan fingerprint density at radius 2 is 2.08 bits per heavy atom. The van der Waals surface area contributed by atoms with Gasteiger partial charge in [0.25, 0.3) is 0 Å². The lowest BCUT2D eigenvalue weighted by atomic mass is 10.2. The quantitative estimate of drug-likeness (QED) is 0.739. The number of halogens is 1. The predicted molar refractivity (Wildman–Crippen MR) is 102 cm³/mol. The molecule has 1 N–H and O–H groups in total. The molecule has 0 bridgehead atoms. The minimum absolute atomic E-state index is 0.0184. The molecule has 0 aliphatic rings. The number of carbonyl (C=O) groups is 2. The molecular formula is C18H23BrN4O3. The number of nitrogens with zero attached hydrogens (tertiary/aromatic N) is 3. The molecule has 2 aromatic rings. The van der Waals surface area contributed by atoms with Crippen molar-refractivity contribution in [2.24, 2.45) is 0 Å². The Labute approximate surface area is 161 Å². The van der Waals surface area contributed by atoms with Crippen LogP contribution in [0.1, 0.15) is 43.5 Å². The maximum atomic E-state index is 12.2. The second kappa shape index (κ2) is 8.93. The standard InChI is InChI=1S/C18H23BrN4O3/c1-11(2)18-21-16(26-22-18)7-8-17(25)23(4)10-15(24)20-14-6-5-13(19)9-12(14)3/h5-6,9,11H,7-8,10H2,1-4H3,(H,20,24). The zero-order valence-corrected chi connectivity index (χ0v) is 17.0. The van der Waals surface area contributed by atoms with Crippen molar-refractivity contribution in [3.05, 3.63) is 40.0 Å². The summed E-state index contributed by atoms with van der Waals surface area (Å²) in [5.41, 5.74) is 1.67. The van der Waals surface area contributed by atoms with Crippen LogP contribution in [0.4, 0.5) is 5.69 Å². The maximum absolute atomic E-state index is 12.2. The van der Waals surface area contributed by atoms with Crippen LogP contribution in [0.5, 0.6) is 0 Å². The average molecular weight is 423 g/mol. The highest BCUT2D eigenvalue weighted by Gasteiger charge is 2.16. The highest BCUT2D eigenvalue weighted by atomic mass is 79.9. The molecular weight excluding hydrogens is 400 g/mol. The SMILES string of the molecule is Cc1cc(Br)ccc1NC(=O)CN(C)C(=O)CCc1nc(C(C)C)no1. The third-order valence-electron chi connectivity index (χ3n) is 3.82. The number of aryl methyl sites for hydroxylation is 2. The van der Waals surface area contributed by atoms with Crippen LogP contribution in [0, 0.1) is 6.92 Å². The van der Waals surface area contributed by atoms with E-state index in [1.165, 1.54) is 4.90 Å². The van der Waals surface area contributed by atoms with E-state index < -0.39 is 0 Å². The summed E-state index contributed by atoms with van der Waals surface area (Å²) in [5, 5.41) is 6.69. The smallest absolute Gasteiger partial charge is 0.243 e. The van der Waals surface area contributed by atoms with E-state index in [9.17, 15) is 9.59 Å². The normalized spacial score (nSPS) is 10.8. The number of carbonyl (C=O) groups excluding carboxylic acids is 2. The van der Waals surface area contributed by atoms with Gasteiger partial charge in [-0.25, -0.2) is 0 Å². The highest BCUT2D eigenvalue weighted by Crippen LogP contribution is 2.20. The summed E-state index contributed by atoms with van der Waals surface area (Å²) in [5.74, 6) is 0.843. The first kappa shape index (κ1) is 20.1. The van der Waals surface area contributed by atoms with Gasteiger partial charge in [0.2, 0.25) is 17.7 Å². The fourth-order valence-corrected chi connectivity index (χ4v) is 2.75. The lowest BCUT2D eigenvalue weighted by Gasteiger charge is -2.17. The molecule has 2 rings (SSSR count). The summed E-state index contributed by atoms with van der Waals surface area (Å²) in [7, 11) is 1.60. The average Bonchev–Trinajstić information content (AvgIpc) is 3.04. The van der Waals surface area contributed by atoms with Gasteiger partial charge in [-0.15, -0.1) is 0 Å². The van der Waals surface area contributed by atoms with Gasteiger partial charge in [-0.3, -0.25) is 9.59 Å². The summed E-state index contributed by atoms with van der Waals surface area (Å²) in [6, 6.07) is 5.59. The Balaban J connectivity index is 1.82. The van der Waals surface area contributed by atoms with Gasteiger partial charge in [0, 0.05) is 36.0 Å². The van der Waals surface area contributed by atoms with E-state index in [4.69, 9.17) is 4.52 Å². The third kappa shape index (κ3) is 5.66. The molecule has 0 radical (unpaired) electrons. The van der Waals surface area contributed by atoms with E-state index >= 15 is 0 Å². The molecule has 1 heterocycles. The first-order chi connectivity index (χ1) is 12.3. The van der Waals surface area contributed by atoms with Crippen LogP contribution in [0.2, 0.25) is 0 Å². The molecule has 0 atom stereocenters. The number of benzene rings is 1. The van der Waals surface area contributed by atoms with Gasteiger partial charge >= 0.3 is 0 Å². The number of amides is 2. The van der Waals surface area contributed by atoms with Gasteiger partial charge in [-0.1, -0.05) is 34.9 Å². The minimum atomic E-state index is -0.244. The van der Waals surface area contributed by atoms with E-state index in [1.54, 1.807) is 7.05 Å². The van der Waals surface area contributed by atoms with Crippen molar-refractivity contribution in [1.29, 1.82) is 0 Å². The number of rotatable bonds is 7. The summed E-state index contributed by atoms with van der Waals surface area (Å²) in [6.07, 6.45) is 0.567. The molecule has 8 heteroatoms. The molecule has 1 aromatic carbocycles. The topological polar surface area (TPSA) is 88.3 Å². The Morgan fingerprint density at radius 1 is 1.35 bits per heavy atom. The second-order valence-corrected chi connectivity index (χ2v) is 7.37. The highest BCUT2D eigenvalue weighted by molar-refractivity contribution is 9.10. The van der Waals surface area contributed by atoms with E-state index in [0.717, 1.165) is 15.7 Å². The molecule has 0 fully saturated rings. The number of aromatic nitrogens is 2. The van der Waals surface area contributed by atoms with Crippen molar-refractivity contribution < 1.29 is 14.1 Å². The predicted octanol–water partition coefficient (Wildman–Crippen LogP) is 3.29. The molecule has 0 spiro atoms. The van der Waals surface area contributed by atoms with Crippen LogP contribution in [0.3, 0.4) is 0 Å². The molecule has 1 aromatic heterocycles. The zero-order chi connectivity index (χ0) is 19.3. The van der Waals surface area contributed by atoms with Crippen molar-refractivity contribution in [3.63, 3.8) is 0 Å². The molecule has 2 amide bonds. The number of hydrogen-bond acceptors (Lipinski definition) is 5. The number of hydrogen-bond donors (Lipinski definition) is 1. The number of anilines is 1. The molecule has 0 saturated heterocycles. The van der Waals surface area contributed by atoms with Crippen LogP contribution in [0.15, 0.2) is 27.2 Å². The van der Waals surface area contributed by atoms with Crippen LogP contribution in [-0.2, 0) is 16.0 Å². The largest absolute Gasteiger partial charge is 0.339 e. The fraction of sp³-hybridized carbons (Fsp3) is 0.444. The van der Waals surface area contributed by atoms with Gasteiger partial charge in [0.15, 0.2) is 5.82 Å². The Bertz CT molecular complexity index is 788. The lowest BCUT2D eigenvalue weighted by molar-refractivity contribution is -0.133. The van der Waals surface area contributed by atoms with Gasteiger partial charge in [0.1, 0.15) is 0 Å². The van der Waals surface area contributed by atoms with E-state index in [2.05, 4.69) is 31.4 Å². The van der Waals surface area contributed by atoms with Gasteiger partial charge in [0.05, 0.1) is 6.54 Å². The molecule has 26 heavy (non-hydrogen) atoms. The first-order valence-electron chi connectivity index (χ1n) is 8.38. The van der Waals surface area contributed by atoms with Gasteiger partial charge in [-0.2, -0.15) is 4.98 Å². The first-order valence-corrected chi connectivity index (χ1v) is 9.18. The van der Waals surface area contributed by atoms with Crippen molar-refractivity contribution in [1.82, 2.24) is 15.0 Å². The molecule has 0 saturated carbocycles. The van der Waals surface area contributed by atoms with Crippen LogP contribution in [0.25, 0.3) is 0 Å². The maximum Gasteiger partial charge on any atom is 0.243 e. The summed E-state index contributed by atoms with van der Waals surface area (Å²) in [6.45, 7) is 5.83. The second-order valence-electron chi connectivity index (χ2n) is 6.46.